The Labute approximate surface area is 120 Å². The van der Waals surface area contributed by atoms with E-state index >= 15 is 0 Å². The summed E-state index contributed by atoms with van der Waals surface area (Å²) in [7, 11) is 0. The first-order valence-corrected chi connectivity index (χ1v) is 6.87. The van der Waals surface area contributed by atoms with Crippen LogP contribution < -0.4 is 10.6 Å². The van der Waals surface area contributed by atoms with Crippen molar-refractivity contribution in [2.24, 2.45) is 5.41 Å². The second kappa shape index (κ2) is 5.60. The second-order valence-electron chi connectivity index (χ2n) is 7.39. The van der Waals surface area contributed by atoms with Gasteiger partial charge < -0.3 is 20.5 Å². The zero-order valence-corrected chi connectivity index (χ0v) is 13.0. The molecule has 1 heterocycles. The van der Waals surface area contributed by atoms with E-state index in [-0.39, 0.29) is 18.4 Å². The molecular weight excluding hydrogens is 260 g/mol. The van der Waals surface area contributed by atoms with Gasteiger partial charge in [-0.1, -0.05) is 20.8 Å². The summed E-state index contributed by atoms with van der Waals surface area (Å²) >= 11 is 0. The van der Waals surface area contributed by atoms with Crippen molar-refractivity contribution < 1.29 is 19.4 Å². The summed E-state index contributed by atoms with van der Waals surface area (Å²) in [4.78, 5) is 23.4. The van der Waals surface area contributed by atoms with Crippen LogP contribution >= 0.6 is 0 Å². The first-order valence-electron chi connectivity index (χ1n) is 6.87. The molecule has 0 aliphatic carbocycles. The van der Waals surface area contributed by atoms with Crippen molar-refractivity contribution in [2.75, 3.05) is 13.2 Å². The molecule has 1 atom stereocenters. The predicted octanol–water partition coefficient (Wildman–Crippen LogP) is 1.74. The summed E-state index contributed by atoms with van der Waals surface area (Å²) < 4.78 is 5.11. The van der Waals surface area contributed by atoms with E-state index in [0.717, 1.165) is 6.42 Å². The van der Waals surface area contributed by atoms with E-state index in [9.17, 15) is 14.7 Å². The van der Waals surface area contributed by atoms with Crippen LogP contribution in [-0.4, -0.2) is 41.4 Å². The maximum Gasteiger partial charge on any atom is 0.332 e. The number of aliphatic carboxylic acids is 1. The minimum atomic E-state index is -1.30. The molecule has 1 rings (SSSR count). The third kappa shape index (κ3) is 4.67. The minimum Gasteiger partial charge on any atom is -0.479 e. The number of carbonyl (C=O) groups is 2. The third-order valence-electron chi connectivity index (χ3n) is 3.21. The zero-order chi connectivity index (χ0) is 15.6. The van der Waals surface area contributed by atoms with Crippen molar-refractivity contribution in [1.29, 1.82) is 0 Å². The Hall–Kier alpha value is -1.30. The lowest BCUT2D eigenvalue weighted by atomic mass is 9.82. The first-order chi connectivity index (χ1) is 8.96. The molecule has 1 saturated heterocycles. The number of rotatable bonds is 4. The van der Waals surface area contributed by atoms with Gasteiger partial charge in [-0.05, 0) is 25.7 Å². The van der Waals surface area contributed by atoms with E-state index in [1.165, 1.54) is 0 Å². The van der Waals surface area contributed by atoms with Crippen molar-refractivity contribution in [3.05, 3.63) is 0 Å². The van der Waals surface area contributed by atoms with Crippen LogP contribution in [0.3, 0.4) is 0 Å². The van der Waals surface area contributed by atoms with Crippen molar-refractivity contribution in [3.63, 3.8) is 0 Å². The van der Waals surface area contributed by atoms with Crippen molar-refractivity contribution in [1.82, 2.24) is 10.6 Å². The fraction of sp³-hybridized carbons (Fsp3) is 0.857. The third-order valence-corrected chi connectivity index (χ3v) is 3.21. The monoisotopic (exact) mass is 286 g/mol. The molecule has 0 aromatic carbocycles. The molecular formula is C14H26N2O4. The number of carbonyl (C=O) groups excluding carboxylic acids is 1. The summed E-state index contributed by atoms with van der Waals surface area (Å²) in [5.41, 5.74) is -1.65. The molecule has 1 unspecified atom stereocenters. The molecule has 0 saturated carbocycles. The lowest BCUT2D eigenvalue weighted by Crippen LogP contribution is -2.60. The Morgan fingerprint density at radius 1 is 1.25 bits per heavy atom. The molecule has 2 amide bonds. The van der Waals surface area contributed by atoms with Gasteiger partial charge in [0.15, 0.2) is 5.54 Å². The molecule has 0 radical (unpaired) electrons. The molecule has 20 heavy (non-hydrogen) atoms. The van der Waals surface area contributed by atoms with Crippen molar-refractivity contribution >= 4 is 12.0 Å². The minimum absolute atomic E-state index is 0.00938. The number of urea groups is 1. The predicted molar refractivity (Wildman–Crippen MR) is 75.6 cm³/mol. The number of nitrogens with one attached hydrogen (secondary N) is 2. The molecule has 116 valence electrons. The van der Waals surface area contributed by atoms with Gasteiger partial charge in [0.05, 0.1) is 6.61 Å². The molecule has 0 spiro atoms. The van der Waals surface area contributed by atoms with E-state index < -0.39 is 23.1 Å². The van der Waals surface area contributed by atoms with Crippen LogP contribution in [0.2, 0.25) is 0 Å². The van der Waals surface area contributed by atoms with Crippen LogP contribution in [-0.2, 0) is 9.53 Å². The Balaban J connectivity index is 2.65. The van der Waals surface area contributed by atoms with Gasteiger partial charge >= 0.3 is 12.0 Å². The van der Waals surface area contributed by atoms with Gasteiger partial charge in [-0.3, -0.25) is 0 Å². The SMILES string of the molecule is CC(C)(C)CC(C)(C)NC(=O)NC1(C(=O)O)CCOC1. The number of carboxylic acid groups (broad SMARTS) is 1. The Morgan fingerprint density at radius 2 is 1.85 bits per heavy atom. The highest BCUT2D eigenvalue weighted by molar-refractivity contribution is 5.87. The fourth-order valence-electron chi connectivity index (χ4n) is 2.81. The number of hydrogen-bond donors (Lipinski definition) is 3. The van der Waals surface area contributed by atoms with Crippen LogP contribution in [0.1, 0.15) is 47.5 Å². The van der Waals surface area contributed by atoms with Crippen LogP contribution in [0.25, 0.3) is 0 Å². The van der Waals surface area contributed by atoms with E-state index in [1.807, 2.05) is 13.8 Å². The normalized spacial score (nSPS) is 23.4. The topological polar surface area (TPSA) is 87.7 Å². The number of carboxylic acids is 1. The van der Waals surface area contributed by atoms with Gasteiger partial charge in [-0.15, -0.1) is 0 Å². The zero-order valence-electron chi connectivity index (χ0n) is 13.0. The molecule has 0 aromatic rings. The molecule has 0 bridgehead atoms. The van der Waals surface area contributed by atoms with E-state index in [1.54, 1.807) is 0 Å². The molecule has 1 aliphatic heterocycles. The number of amides is 2. The Bertz CT molecular complexity index is 379. The molecule has 0 aromatic heterocycles. The standard InChI is InChI=1S/C14H26N2O4/c1-12(2,3)8-13(4,5)15-11(19)16-14(10(17)18)6-7-20-9-14/h6-9H2,1-5H3,(H,17,18)(H2,15,16,19). The highest BCUT2D eigenvalue weighted by Crippen LogP contribution is 2.27. The summed E-state index contributed by atoms with van der Waals surface area (Å²) in [6.07, 6.45) is 1.07. The van der Waals surface area contributed by atoms with Crippen molar-refractivity contribution in [3.8, 4) is 0 Å². The second-order valence-corrected chi connectivity index (χ2v) is 7.39. The van der Waals surface area contributed by atoms with E-state index in [4.69, 9.17) is 4.74 Å². The maximum atomic E-state index is 12.1. The van der Waals surface area contributed by atoms with E-state index in [2.05, 4.69) is 31.4 Å². The van der Waals surface area contributed by atoms with Gasteiger partial charge in [0.1, 0.15) is 0 Å². The van der Waals surface area contributed by atoms with Gasteiger partial charge in [-0.2, -0.15) is 0 Å². The quantitative estimate of drug-likeness (QED) is 0.734. The molecule has 6 heteroatoms. The fourth-order valence-corrected chi connectivity index (χ4v) is 2.81. The smallest absolute Gasteiger partial charge is 0.332 e. The number of ether oxygens (including phenoxy) is 1. The van der Waals surface area contributed by atoms with E-state index in [0.29, 0.717) is 6.61 Å². The van der Waals surface area contributed by atoms with Gasteiger partial charge in [-0.25, -0.2) is 9.59 Å². The van der Waals surface area contributed by atoms with Gasteiger partial charge in [0.2, 0.25) is 0 Å². The van der Waals surface area contributed by atoms with Crippen LogP contribution in [0.15, 0.2) is 0 Å². The Morgan fingerprint density at radius 3 is 2.25 bits per heavy atom. The van der Waals surface area contributed by atoms with Crippen LogP contribution in [0, 0.1) is 5.41 Å². The summed E-state index contributed by atoms with van der Waals surface area (Å²) in [6, 6.07) is -0.466. The molecule has 6 nitrogen and oxygen atoms in total. The summed E-state index contributed by atoms with van der Waals surface area (Å²) in [5.74, 6) is -1.06. The van der Waals surface area contributed by atoms with Gasteiger partial charge in [0, 0.05) is 18.6 Å². The lowest BCUT2D eigenvalue weighted by Gasteiger charge is -2.34. The van der Waals surface area contributed by atoms with Crippen LogP contribution in [0.5, 0.6) is 0 Å². The largest absolute Gasteiger partial charge is 0.479 e. The average molecular weight is 286 g/mol. The first kappa shape index (κ1) is 16.8. The van der Waals surface area contributed by atoms with Gasteiger partial charge in [0.25, 0.3) is 0 Å². The average Bonchev–Trinajstić information content (AvgIpc) is 2.61. The summed E-state index contributed by atoms with van der Waals surface area (Å²) in [6.45, 7) is 10.5. The molecule has 3 N–H and O–H groups in total. The molecule has 1 fully saturated rings. The Kier molecular flexibility index (Phi) is 4.69. The highest BCUT2D eigenvalue weighted by atomic mass is 16.5. The highest BCUT2D eigenvalue weighted by Gasteiger charge is 2.44. The summed E-state index contributed by atoms with van der Waals surface area (Å²) in [5, 5.41) is 14.7. The maximum absolute atomic E-state index is 12.1. The lowest BCUT2D eigenvalue weighted by molar-refractivity contribution is -0.144. The number of hydrogen-bond acceptors (Lipinski definition) is 3. The van der Waals surface area contributed by atoms with Crippen molar-refractivity contribution in [2.45, 2.75) is 58.5 Å². The van der Waals surface area contributed by atoms with Crippen LogP contribution in [0.4, 0.5) is 4.79 Å². The molecule has 1 aliphatic rings.